The molecule has 0 bridgehead atoms. The van der Waals surface area contributed by atoms with Crippen LogP contribution in [0, 0.1) is 5.82 Å². The van der Waals surface area contributed by atoms with Gasteiger partial charge in [0.25, 0.3) is 0 Å². The number of tetrazole rings is 1. The van der Waals surface area contributed by atoms with Crippen molar-refractivity contribution >= 4 is 11.6 Å². The van der Waals surface area contributed by atoms with E-state index < -0.39 is 0 Å². The topological polar surface area (TPSA) is 55.6 Å². The maximum Gasteiger partial charge on any atom is 0.170 e. The smallest absolute Gasteiger partial charge is 0.170 e. The van der Waals surface area contributed by atoms with Gasteiger partial charge in [0.15, 0.2) is 5.82 Å². The fraction of sp³-hybridized carbons (Fsp3) is 0.364. The molecule has 1 heterocycles. The lowest BCUT2D eigenvalue weighted by molar-refractivity contribution is 0.562. The van der Waals surface area contributed by atoms with Gasteiger partial charge in [0.05, 0.1) is 17.3 Å². The zero-order valence-corrected chi connectivity index (χ0v) is 10.8. The largest absolute Gasteiger partial charge is 0.308 e. The molecule has 0 saturated carbocycles. The molecule has 96 valence electrons. The minimum atomic E-state index is -0.382. The van der Waals surface area contributed by atoms with E-state index in [1.54, 1.807) is 0 Å². The predicted octanol–water partition coefficient (Wildman–Crippen LogP) is 1.95. The molecule has 0 unspecified atom stereocenters. The fourth-order valence-corrected chi connectivity index (χ4v) is 1.64. The average Bonchev–Trinajstić information content (AvgIpc) is 2.77. The second-order valence-corrected chi connectivity index (χ2v) is 4.55. The molecule has 1 N–H and O–H groups in total. The van der Waals surface area contributed by atoms with E-state index in [1.165, 1.54) is 22.9 Å². The van der Waals surface area contributed by atoms with Gasteiger partial charge in [0.1, 0.15) is 5.82 Å². The Hall–Kier alpha value is -1.53. The highest BCUT2D eigenvalue weighted by atomic mass is 35.5. The summed E-state index contributed by atoms with van der Waals surface area (Å²) in [5.74, 6) is 0.198. The van der Waals surface area contributed by atoms with Gasteiger partial charge in [-0.3, -0.25) is 0 Å². The Balaban J connectivity index is 2.33. The molecule has 0 saturated heterocycles. The molecule has 0 aliphatic rings. The molecule has 7 heteroatoms. The fourth-order valence-electron chi connectivity index (χ4n) is 1.45. The van der Waals surface area contributed by atoms with Crippen LogP contribution in [0.15, 0.2) is 18.2 Å². The van der Waals surface area contributed by atoms with Crippen LogP contribution in [-0.4, -0.2) is 26.2 Å². The van der Waals surface area contributed by atoms with Gasteiger partial charge >= 0.3 is 0 Å². The standard InChI is InChI=1S/C11H13ClFN5/c1-7(2)14-6-11-15-16-17-18(11)10-5-8(13)3-4-9(10)12/h3-5,7,14H,6H2,1-2H3. The van der Waals surface area contributed by atoms with E-state index in [1.807, 2.05) is 13.8 Å². The molecule has 0 fully saturated rings. The molecule has 0 radical (unpaired) electrons. The summed E-state index contributed by atoms with van der Waals surface area (Å²) in [5, 5.41) is 14.9. The molecule has 1 aromatic heterocycles. The van der Waals surface area contributed by atoms with Gasteiger partial charge in [0.2, 0.25) is 0 Å². The van der Waals surface area contributed by atoms with Crippen molar-refractivity contribution in [2.75, 3.05) is 0 Å². The number of aromatic nitrogens is 4. The molecule has 18 heavy (non-hydrogen) atoms. The number of rotatable bonds is 4. The van der Waals surface area contributed by atoms with E-state index in [0.29, 0.717) is 29.1 Å². The van der Waals surface area contributed by atoms with Crippen LogP contribution in [0.5, 0.6) is 0 Å². The van der Waals surface area contributed by atoms with E-state index in [-0.39, 0.29) is 5.82 Å². The van der Waals surface area contributed by atoms with E-state index in [2.05, 4.69) is 20.8 Å². The van der Waals surface area contributed by atoms with Crippen molar-refractivity contribution in [3.05, 3.63) is 34.9 Å². The van der Waals surface area contributed by atoms with Crippen LogP contribution in [0.2, 0.25) is 5.02 Å². The van der Waals surface area contributed by atoms with Crippen molar-refractivity contribution in [3.8, 4) is 5.69 Å². The number of hydrogen-bond acceptors (Lipinski definition) is 4. The Kier molecular flexibility index (Phi) is 3.88. The lowest BCUT2D eigenvalue weighted by Gasteiger charge is -2.09. The molecule has 2 aromatic rings. The van der Waals surface area contributed by atoms with E-state index >= 15 is 0 Å². The predicted molar refractivity (Wildman–Crippen MR) is 66.1 cm³/mol. The van der Waals surface area contributed by atoms with Gasteiger partial charge in [0, 0.05) is 12.1 Å². The second kappa shape index (κ2) is 5.41. The number of benzene rings is 1. The van der Waals surface area contributed by atoms with Crippen LogP contribution < -0.4 is 5.32 Å². The first-order chi connectivity index (χ1) is 8.58. The summed E-state index contributed by atoms with van der Waals surface area (Å²) in [4.78, 5) is 0. The molecule has 0 aliphatic carbocycles. The van der Waals surface area contributed by atoms with Gasteiger partial charge in [-0.25, -0.2) is 4.39 Å². The highest BCUT2D eigenvalue weighted by Crippen LogP contribution is 2.21. The van der Waals surface area contributed by atoms with Crippen LogP contribution in [0.3, 0.4) is 0 Å². The monoisotopic (exact) mass is 269 g/mol. The van der Waals surface area contributed by atoms with Crippen molar-refractivity contribution in [3.63, 3.8) is 0 Å². The summed E-state index contributed by atoms with van der Waals surface area (Å²) in [6.45, 7) is 4.52. The zero-order valence-electron chi connectivity index (χ0n) is 10.1. The van der Waals surface area contributed by atoms with E-state index in [4.69, 9.17) is 11.6 Å². The number of halogens is 2. The van der Waals surface area contributed by atoms with Crippen molar-refractivity contribution in [2.45, 2.75) is 26.4 Å². The molecule has 1 aromatic carbocycles. The Morgan fingerprint density at radius 2 is 2.22 bits per heavy atom. The minimum Gasteiger partial charge on any atom is -0.308 e. The van der Waals surface area contributed by atoms with Crippen LogP contribution in [-0.2, 0) is 6.54 Å². The lowest BCUT2D eigenvalue weighted by atomic mass is 10.3. The molecule has 0 spiro atoms. The maximum absolute atomic E-state index is 13.2. The number of nitrogens with zero attached hydrogens (tertiary/aromatic N) is 4. The molecule has 2 rings (SSSR count). The summed E-state index contributed by atoms with van der Waals surface area (Å²) < 4.78 is 14.7. The van der Waals surface area contributed by atoms with Gasteiger partial charge in [-0.1, -0.05) is 25.4 Å². The third kappa shape index (κ3) is 2.83. The van der Waals surface area contributed by atoms with Gasteiger partial charge in [-0.2, -0.15) is 4.68 Å². The highest BCUT2D eigenvalue weighted by Gasteiger charge is 2.12. The minimum absolute atomic E-state index is 0.304. The van der Waals surface area contributed by atoms with Gasteiger partial charge in [-0.05, 0) is 22.6 Å². The molecule has 0 aliphatic heterocycles. The number of hydrogen-bond donors (Lipinski definition) is 1. The SMILES string of the molecule is CC(C)NCc1nnnn1-c1cc(F)ccc1Cl. The first kappa shape index (κ1) is 12.9. The number of nitrogens with one attached hydrogen (secondary N) is 1. The third-order valence-electron chi connectivity index (χ3n) is 2.34. The first-order valence-electron chi connectivity index (χ1n) is 5.54. The Labute approximate surface area is 109 Å². The van der Waals surface area contributed by atoms with Crippen LogP contribution in [0.25, 0.3) is 5.69 Å². The highest BCUT2D eigenvalue weighted by molar-refractivity contribution is 6.32. The summed E-state index contributed by atoms with van der Waals surface area (Å²) >= 11 is 6.02. The summed E-state index contributed by atoms with van der Waals surface area (Å²) in [5.41, 5.74) is 0.433. The van der Waals surface area contributed by atoms with Crippen molar-refractivity contribution < 1.29 is 4.39 Å². The van der Waals surface area contributed by atoms with Crippen LogP contribution in [0.4, 0.5) is 4.39 Å². The van der Waals surface area contributed by atoms with Crippen molar-refractivity contribution in [2.24, 2.45) is 0 Å². The van der Waals surface area contributed by atoms with E-state index in [9.17, 15) is 4.39 Å². The second-order valence-electron chi connectivity index (χ2n) is 4.14. The normalized spacial score (nSPS) is 11.2. The molecular weight excluding hydrogens is 257 g/mol. The first-order valence-corrected chi connectivity index (χ1v) is 5.92. The van der Waals surface area contributed by atoms with Crippen molar-refractivity contribution in [1.82, 2.24) is 25.5 Å². The van der Waals surface area contributed by atoms with Crippen molar-refractivity contribution in [1.29, 1.82) is 0 Å². The molecule has 0 atom stereocenters. The molecular formula is C11H13ClFN5. The zero-order chi connectivity index (χ0) is 13.1. The molecule has 0 amide bonds. The lowest BCUT2D eigenvalue weighted by Crippen LogP contribution is -2.24. The Bertz CT molecular complexity index is 540. The van der Waals surface area contributed by atoms with Crippen LogP contribution in [0.1, 0.15) is 19.7 Å². The van der Waals surface area contributed by atoms with Gasteiger partial charge in [-0.15, -0.1) is 5.10 Å². The Morgan fingerprint density at radius 3 is 2.94 bits per heavy atom. The average molecular weight is 270 g/mol. The van der Waals surface area contributed by atoms with Gasteiger partial charge < -0.3 is 5.32 Å². The van der Waals surface area contributed by atoms with Crippen LogP contribution >= 0.6 is 11.6 Å². The summed E-state index contributed by atoms with van der Waals surface area (Å²) in [6.07, 6.45) is 0. The quantitative estimate of drug-likeness (QED) is 0.922. The third-order valence-corrected chi connectivity index (χ3v) is 2.66. The summed E-state index contributed by atoms with van der Waals surface area (Å²) in [7, 11) is 0. The molecule has 5 nitrogen and oxygen atoms in total. The maximum atomic E-state index is 13.2. The summed E-state index contributed by atoms with van der Waals surface area (Å²) in [6, 6.07) is 4.38. The Morgan fingerprint density at radius 1 is 1.44 bits per heavy atom. The van der Waals surface area contributed by atoms with E-state index in [0.717, 1.165) is 0 Å².